The summed E-state index contributed by atoms with van der Waals surface area (Å²) < 4.78 is 0. The van der Waals surface area contributed by atoms with Gasteiger partial charge in [0.25, 0.3) is 0 Å². The maximum absolute atomic E-state index is 8.83. The molecular formula is C17H19N7. The van der Waals surface area contributed by atoms with Crippen molar-refractivity contribution in [3.63, 3.8) is 0 Å². The number of anilines is 4. The van der Waals surface area contributed by atoms with Crippen LogP contribution in [0.15, 0.2) is 36.7 Å². The lowest BCUT2D eigenvalue weighted by Crippen LogP contribution is -2.28. The molecule has 0 aliphatic carbocycles. The van der Waals surface area contributed by atoms with Crippen molar-refractivity contribution >= 4 is 23.0 Å². The molecule has 1 heterocycles. The first-order valence-corrected chi connectivity index (χ1v) is 7.57. The zero-order valence-electron chi connectivity index (χ0n) is 13.6. The SMILES string of the molecule is CN(c1ccccc1)c1ncnc(N(CCC#N)CCC#N)c1N. The molecule has 122 valence electrons. The van der Waals surface area contributed by atoms with Gasteiger partial charge in [-0.25, -0.2) is 9.97 Å². The van der Waals surface area contributed by atoms with Gasteiger partial charge < -0.3 is 15.5 Å². The third kappa shape index (κ3) is 3.90. The summed E-state index contributed by atoms with van der Waals surface area (Å²) in [6.45, 7) is 0.932. The monoisotopic (exact) mass is 321 g/mol. The summed E-state index contributed by atoms with van der Waals surface area (Å²) in [5.41, 5.74) is 7.68. The first kappa shape index (κ1) is 17.0. The third-order valence-electron chi connectivity index (χ3n) is 3.59. The second kappa shape index (κ2) is 8.35. The van der Waals surface area contributed by atoms with Crippen molar-refractivity contribution in [2.45, 2.75) is 12.8 Å². The Morgan fingerprint density at radius 1 is 1.00 bits per heavy atom. The molecule has 0 unspecified atom stereocenters. The Hall–Kier alpha value is -3.32. The topological polar surface area (TPSA) is 106 Å². The molecule has 0 aliphatic rings. The van der Waals surface area contributed by atoms with Crippen molar-refractivity contribution in [1.82, 2.24) is 9.97 Å². The van der Waals surface area contributed by atoms with Gasteiger partial charge in [0.15, 0.2) is 11.6 Å². The Morgan fingerprint density at radius 3 is 2.17 bits per heavy atom. The summed E-state index contributed by atoms with van der Waals surface area (Å²) in [7, 11) is 1.88. The van der Waals surface area contributed by atoms with Crippen LogP contribution in [0.1, 0.15) is 12.8 Å². The van der Waals surface area contributed by atoms with Gasteiger partial charge in [-0.2, -0.15) is 10.5 Å². The van der Waals surface area contributed by atoms with Crippen molar-refractivity contribution in [3.05, 3.63) is 36.7 Å². The first-order chi connectivity index (χ1) is 11.7. The summed E-state index contributed by atoms with van der Waals surface area (Å²) in [5, 5.41) is 17.7. The molecule has 0 bridgehead atoms. The Kier molecular flexibility index (Phi) is 5.93. The molecule has 1 aromatic carbocycles. The van der Waals surface area contributed by atoms with E-state index in [1.54, 1.807) is 0 Å². The summed E-state index contributed by atoms with van der Waals surface area (Å²) >= 11 is 0. The van der Waals surface area contributed by atoms with Gasteiger partial charge in [0.1, 0.15) is 12.0 Å². The van der Waals surface area contributed by atoms with Crippen LogP contribution in [0.25, 0.3) is 0 Å². The number of nitrogens with two attached hydrogens (primary N) is 1. The van der Waals surface area contributed by atoms with Crippen LogP contribution in [-0.4, -0.2) is 30.1 Å². The fraction of sp³-hybridized carbons (Fsp3) is 0.294. The van der Waals surface area contributed by atoms with Gasteiger partial charge in [-0.15, -0.1) is 0 Å². The zero-order valence-corrected chi connectivity index (χ0v) is 13.6. The summed E-state index contributed by atoms with van der Waals surface area (Å²) in [4.78, 5) is 12.3. The molecule has 2 aromatic rings. The molecule has 0 radical (unpaired) electrons. The minimum atomic E-state index is 0.332. The van der Waals surface area contributed by atoms with E-state index in [2.05, 4.69) is 22.1 Å². The number of benzene rings is 1. The van der Waals surface area contributed by atoms with Gasteiger partial charge in [-0.3, -0.25) is 0 Å². The number of hydrogen-bond acceptors (Lipinski definition) is 7. The molecule has 7 nitrogen and oxygen atoms in total. The van der Waals surface area contributed by atoms with Gasteiger partial charge in [-0.05, 0) is 12.1 Å². The molecule has 0 fully saturated rings. The van der Waals surface area contributed by atoms with Crippen LogP contribution in [0.2, 0.25) is 0 Å². The van der Waals surface area contributed by atoms with Gasteiger partial charge in [-0.1, -0.05) is 18.2 Å². The van der Waals surface area contributed by atoms with Gasteiger partial charge in [0.2, 0.25) is 0 Å². The molecule has 2 N–H and O–H groups in total. The van der Waals surface area contributed by atoms with Crippen LogP contribution in [0.4, 0.5) is 23.0 Å². The molecule has 2 rings (SSSR count). The molecule has 1 aromatic heterocycles. The average Bonchev–Trinajstić information content (AvgIpc) is 2.63. The van der Waals surface area contributed by atoms with Gasteiger partial charge in [0, 0.05) is 25.8 Å². The predicted molar refractivity (Wildman–Crippen MR) is 93.6 cm³/mol. The van der Waals surface area contributed by atoms with Crippen LogP contribution in [-0.2, 0) is 0 Å². The van der Waals surface area contributed by atoms with E-state index < -0.39 is 0 Å². The van der Waals surface area contributed by atoms with Crippen LogP contribution < -0.4 is 15.5 Å². The largest absolute Gasteiger partial charge is 0.393 e. The molecule has 0 amide bonds. The highest BCUT2D eigenvalue weighted by molar-refractivity contribution is 5.79. The quantitative estimate of drug-likeness (QED) is 0.834. The highest BCUT2D eigenvalue weighted by Crippen LogP contribution is 2.32. The van der Waals surface area contributed by atoms with E-state index in [1.807, 2.05) is 47.2 Å². The number of hydrogen-bond donors (Lipinski definition) is 1. The molecule has 0 atom stereocenters. The van der Waals surface area contributed by atoms with Crippen molar-refractivity contribution in [2.75, 3.05) is 35.7 Å². The summed E-state index contributed by atoms with van der Waals surface area (Å²) in [6, 6.07) is 14.0. The lowest BCUT2D eigenvalue weighted by molar-refractivity contribution is 0.781. The Labute approximate surface area is 141 Å². The summed E-state index contributed by atoms with van der Waals surface area (Å²) in [6.07, 6.45) is 2.11. The molecule has 0 saturated carbocycles. The third-order valence-corrected chi connectivity index (χ3v) is 3.59. The minimum absolute atomic E-state index is 0.332. The van der Waals surface area contributed by atoms with Gasteiger partial charge in [0.05, 0.1) is 25.0 Å². The molecule has 0 aliphatic heterocycles. The molecule has 24 heavy (non-hydrogen) atoms. The van der Waals surface area contributed by atoms with E-state index in [0.29, 0.717) is 43.3 Å². The smallest absolute Gasteiger partial charge is 0.161 e. The summed E-state index contributed by atoms with van der Waals surface area (Å²) in [5.74, 6) is 1.14. The second-order valence-electron chi connectivity index (χ2n) is 5.13. The highest BCUT2D eigenvalue weighted by atomic mass is 15.2. The normalized spacial score (nSPS) is 9.79. The number of nitrogen functional groups attached to an aromatic ring is 1. The Balaban J connectivity index is 2.35. The molecule has 0 spiro atoms. The maximum atomic E-state index is 8.83. The van der Waals surface area contributed by atoms with E-state index >= 15 is 0 Å². The van der Waals surface area contributed by atoms with Gasteiger partial charge >= 0.3 is 0 Å². The maximum Gasteiger partial charge on any atom is 0.161 e. The predicted octanol–water partition coefficient (Wildman–Crippen LogP) is 2.46. The van der Waals surface area contributed by atoms with Crippen molar-refractivity contribution < 1.29 is 0 Å². The number of para-hydroxylation sites is 1. The van der Waals surface area contributed by atoms with E-state index in [1.165, 1.54) is 6.33 Å². The number of nitriles is 2. The van der Waals surface area contributed by atoms with Crippen molar-refractivity contribution in [3.8, 4) is 12.1 Å². The fourth-order valence-corrected chi connectivity index (χ4v) is 2.36. The van der Waals surface area contributed by atoms with Crippen molar-refractivity contribution in [1.29, 1.82) is 10.5 Å². The standard InChI is InChI=1S/C17H19N7/c1-23(14-7-3-2-4-8-14)16-15(20)17(22-13-21-16)24(11-5-9-18)12-6-10-19/h2-4,7-8,13H,5-6,11-12,20H2,1H3. The lowest BCUT2D eigenvalue weighted by Gasteiger charge is -2.26. The Bertz CT molecular complexity index is 728. The average molecular weight is 321 g/mol. The molecule has 0 saturated heterocycles. The number of rotatable bonds is 7. The van der Waals surface area contributed by atoms with E-state index in [0.717, 1.165) is 5.69 Å². The van der Waals surface area contributed by atoms with Crippen LogP contribution in [0.3, 0.4) is 0 Å². The second-order valence-corrected chi connectivity index (χ2v) is 5.13. The number of nitrogens with zero attached hydrogens (tertiary/aromatic N) is 6. The first-order valence-electron chi connectivity index (χ1n) is 7.57. The van der Waals surface area contributed by atoms with Crippen LogP contribution in [0, 0.1) is 22.7 Å². The van der Waals surface area contributed by atoms with Crippen molar-refractivity contribution in [2.24, 2.45) is 0 Å². The molecule has 7 heteroatoms. The van der Waals surface area contributed by atoms with E-state index in [9.17, 15) is 0 Å². The van der Waals surface area contributed by atoms with E-state index in [4.69, 9.17) is 16.3 Å². The fourth-order valence-electron chi connectivity index (χ4n) is 2.36. The zero-order chi connectivity index (χ0) is 17.4. The minimum Gasteiger partial charge on any atom is -0.393 e. The lowest BCUT2D eigenvalue weighted by atomic mass is 10.2. The highest BCUT2D eigenvalue weighted by Gasteiger charge is 2.17. The Morgan fingerprint density at radius 2 is 1.58 bits per heavy atom. The number of aromatic nitrogens is 2. The van der Waals surface area contributed by atoms with Crippen LogP contribution >= 0.6 is 0 Å². The van der Waals surface area contributed by atoms with E-state index in [-0.39, 0.29) is 0 Å². The molecular weight excluding hydrogens is 302 g/mol. The van der Waals surface area contributed by atoms with Crippen LogP contribution in [0.5, 0.6) is 0 Å².